The highest BCUT2D eigenvalue weighted by Crippen LogP contribution is 2.24. The van der Waals surface area contributed by atoms with Gasteiger partial charge in [0.25, 0.3) is 0 Å². The Kier molecular flexibility index (Phi) is 8.18. The molecule has 0 aromatic rings. The molecule has 2 amide bonds. The Hall–Kier alpha value is -0.810. The average molecular weight is 332 g/mol. The van der Waals surface area contributed by atoms with Crippen molar-refractivity contribution in [3.8, 4) is 0 Å². The van der Waals surface area contributed by atoms with Gasteiger partial charge in [-0.3, -0.25) is 9.59 Å². The lowest BCUT2D eigenvalue weighted by atomic mass is 9.96. The summed E-state index contributed by atoms with van der Waals surface area (Å²) in [6.45, 7) is 5.49. The zero-order valence-electron chi connectivity index (χ0n) is 13.8. The number of carbonyl (C=O) groups is 2. The highest BCUT2D eigenvalue weighted by atomic mass is 35.5. The normalized spacial score (nSPS) is 22.5. The molecule has 0 radical (unpaired) electrons. The third kappa shape index (κ3) is 4.59. The van der Waals surface area contributed by atoms with E-state index >= 15 is 0 Å². The molecule has 1 unspecified atom stereocenters. The number of rotatable bonds is 5. The van der Waals surface area contributed by atoms with E-state index in [0.717, 1.165) is 58.3 Å². The minimum atomic E-state index is -0.190. The summed E-state index contributed by atoms with van der Waals surface area (Å²) in [6.07, 6.45) is 5.36. The number of hydrogen-bond acceptors (Lipinski definition) is 3. The van der Waals surface area contributed by atoms with Gasteiger partial charge in [0.2, 0.25) is 11.8 Å². The maximum atomic E-state index is 12.7. The van der Waals surface area contributed by atoms with Gasteiger partial charge in [0.05, 0.1) is 0 Å². The van der Waals surface area contributed by atoms with Crippen molar-refractivity contribution in [3.63, 3.8) is 0 Å². The van der Waals surface area contributed by atoms with Gasteiger partial charge in [-0.25, -0.2) is 0 Å². The van der Waals surface area contributed by atoms with Crippen LogP contribution in [0.5, 0.6) is 0 Å². The summed E-state index contributed by atoms with van der Waals surface area (Å²) in [6, 6.07) is -0.190. The van der Waals surface area contributed by atoms with Crippen LogP contribution in [0.2, 0.25) is 0 Å². The molecular formula is C16H30ClN3O2. The van der Waals surface area contributed by atoms with Crippen LogP contribution in [-0.2, 0) is 9.59 Å². The summed E-state index contributed by atoms with van der Waals surface area (Å²) in [5.41, 5.74) is 0. The largest absolute Gasteiger partial charge is 0.341 e. The Labute approximate surface area is 140 Å². The van der Waals surface area contributed by atoms with Gasteiger partial charge < -0.3 is 15.1 Å². The first-order chi connectivity index (χ1) is 10.2. The van der Waals surface area contributed by atoms with Gasteiger partial charge in [-0.05, 0) is 51.6 Å². The van der Waals surface area contributed by atoms with E-state index in [4.69, 9.17) is 0 Å². The quantitative estimate of drug-likeness (QED) is 0.833. The van der Waals surface area contributed by atoms with Crippen LogP contribution in [-0.4, -0.2) is 60.9 Å². The summed E-state index contributed by atoms with van der Waals surface area (Å²) >= 11 is 0. The number of carbonyl (C=O) groups excluding carboxylic acids is 2. The molecule has 5 nitrogen and oxygen atoms in total. The van der Waals surface area contributed by atoms with Gasteiger partial charge in [-0.2, -0.15) is 0 Å². The number of hydrogen-bond donors (Lipinski definition) is 1. The summed E-state index contributed by atoms with van der Waals surface area (Å²) in [5, 5.41) is 3.22. The molecule has 0 aliphatic carbocycles. The van der Waals surface area contributed by atoms with Gasteiger partial charge in [0.15, 0.2) is 0 Å². The van der Waals surface area contributed by atoms with Crippen LogP contribution in [0.3, 0.4) is 0 Å². The Bertz CT molecular complexity index is 370. The lowest BCUT2D eigenvalue weighted by Gasteiger charge is -2.35. The van der Waals surface area contributed by atoms with E-state index in [-0.39, 0.29) is 30.3 Å². The Morgan fingerprint density at radius 3 is 2.41 bits per heavy atom. The SMILES string of the molecule is CCCC(=O)N1CCCC1C(=O)N1CCC(CNC)CC1.Cl. The number of nitrogens with one attached hydrogen (secondary N) is 1. The Morgan fingerprint density at radius 2 is 1.82 bits per heavy atom. The first kappa shape index (κ1) is 19.2. The van der Waals surface area contributed by atoms with E-state index < -0.39 is 0 Å². The van der Waals surface area contributed by atoms with Gasteiger partial charge >= 0.3 is 0 Å². The van der Waals surface area contributed by atoms with E-state index in [1.165, 1.54) is 0 Å². The molecule has 0 spiro atoms. The van der Waals surface area contributed by atoms with Crippen LogP contribution in [0.15, 0.2) is 0 Å². The van der Waals surface area contributed by atoms with E-state index in [1.54, 1.807) is 0 Å². The van der Waals surface area contributed by atoms with Crippen molar-refractivity contribution < 1.29 is 9.59 Å². The fraction of sp³-hybridized carbons (Fsp3) is 0.875. The third-order valence-corrected chi connectivity index (χ3v) is 4.74. The van der Waals surface area contributed by atoms with Crippen LogP contribution in [0.4, 0.5) is 0 Å². The molecule has 22 heavy (non-hydrogen) atoms. The molecule has 2 aliphatic heterocycles. The maximum Gasteiger partial charge on any atom is 0.245 e. The molecule has 2 fully saturated rings. The molecule has 2 saturated heterocycles. The van der Waals surface area contributed by atoms with E-state index in [1.807, 2.05) is 23.8 Å². The highest BCUT2D eigenvalue weighted by molar-refractivity contribution is 5.88. The lowest BCUT2D eigenvalue weighted by Crippen LogP contribution is -2.50. The van der Waals surface area contributed by atoms with Crippen LogP contribution in [0.1, 0.15) is 45.4 Å². The monoisotopic (exact) mass is 331 g/mol. The first-order valence-corrected chi connectivity index (χ1v) is 8.40. The summed E-state index contributed by atoms with van der Waals surface area (Å²) < 4.78 is 0. The lowest BCUT2D eigenvalue weighted by molar-refractivity contribution is -0.144. The minimum absolute atomic E-state index is 0. The fourth-order valence-corrected chi connectivity index (χ4v) is 3.54. The summed E-state index contributed by atoms with van der Waals surface area (Å²) in [5.74, 6) is 1.01. The molecule has 2 rings (SSSR count). The Morgan fingerprint density at radius 1 is 1.14 bits per heavy atom. The van der Waals surface area contributed by atoms with Crippen molar-refractivity contribution in [2.45, 2.75) is 51.5 Å². The van der Waals surface area contributed by atoms with Crippen LogP contribution >= 0.6 is 12.4 Å². The minimum Gasteiger partial charge on any atom is -0.341 e. The average Bonchev–Trinajstić information content (AvgIpc) is 2.97. The molecule has 2 heterocycles. The topological polar surface area (TPSA) is 52.7 Å². The standard InChI is InChI=1S/C16H29N3O2.ClH/c1-3-5-15(20)19-9-4-6-14(19)16(21)18-10-7-13(8-11-18)12-17-2;/h13-14,17H,3-12H2,1-2H3;1H. The second kappa shape index (κ2) is 9.36. The molecule has 0 aromatic heterocycles. The molecule has 0 aromatic carbocycles. The van der Waals surface area contributed by atoms with Crippen molar-refractivity contribution in [2.24, 2.45) is 5.92 Å². The molecule has 1 atom stereocenters. The van der Waals surface area contributed by atoms with Crippen molar-refractivity contribution in [1.82, 2.24) is 15.1 Å². The molecular weight excluding hydrogens is 302 g/mol. The molecule has 0 bridgehead atoms. The van der Waals surface area contributed by atoms with Crippen LogP contribution < -0.4 is 5.32 Å². The van der Waals surface area contributed by atoms with E-state index in [2.05, 4.69) is 5.32 Å². The van der Waals surface area contributed by atoms with Crippen molar-refractivity contribution in [1.29, 1.82) is 0 Å². The zero-order chi connectivity index (χ0) is 15.2. The second-order valence-electron chi connectivity index (χ2n) is 6.32. The fourth-order valence-electron chi connectivity index (χ4n) is 3.54. The van der Waals surface area contributed by atoms with Crippen LogP contribution in [0, 0.1) is 5.92 Å². The molecule has 2 aliphatic rings. The predicted molar refractivity (Wildman–Crippen MR) is 90.1 cm³/mol. The van der Waals surface area contributed by atoms with E-state index in [9.17, 15) is 9.59 Å². The summed E-state index contributed by atoms with van der Waals surface area (Å²) in [4.78, 5) is 28.6. The molecule has 6 heteroatoms. The van der Waals surface area contributed by atoms with Gasteiger partial charge in [-0.1, -0.05) is 6.92 Å². The summed E-state index contributed by atoms with van der Waals surface area (Å²) in [7, 11) is 1.98. The van der Waals surface area contributed by atoms with Gasteiger partial charge in [-0.15, -0.1) is 12.4 Å². The number of piperidine rings is 1. The third-order valence-electron chi connectivity index (χ3n) is 4.74. The molecule has 128 valence electrons. The molecule has 0 saturated carbocycles. The first-order valence-electron chi connectivity index (χ1n) is 8.40. The zero-order valence-corrected chi connectivity index (χ0v) is 14.7. The van der Waals surface area contributed by atoms with Crippen molar-refractivity contribution in [2.75, 3.05) is 33.2 Å². The number of likely N-dealkylation sites (tertiary alicyclic amines) is 2. The molecule has 1 N–H and O–H groups in total. The predicted octanol–water partition coefficient (Wildman–Crippen LogP) is 1.66. The van der Waals surface area contributed by atoms with Gasteiger partial charge in [0.1, 0.15) is 6.04 Å². The Balaban J connectivity index is 0.00000242. The number of amides is 2. The highest BCUT2D eigenvalue weighted by Gasteiger charge is 2.36. The van der Waals surface area contributed by atoms with Crippen molar-refractivity contribution >= 4 is 24.2 Å². The van der Waals surface area contributed by atoms with Crippen molar-refractivity contribution in [3.05, 3.63) is 0 Å². The van der Waals surface area contributed by atoms with Gasteiger partial charge in [0, 0.05) is 26.1 Å². The maximum absolute atomic E-state index is 12.7. The second-order valence-corrected chi connectivity index (χ2v) is 6.32. The number of halogens is 1. The van der Waals surface area contributed by atoms with E-state index in [0.29, 0.717) is 12.3 Å². The van der Waals surface area contributed by atoms with Crippen LogP contribution in [0.25, 0.3) is 0 Å². The number of nitrogens with zero attached hydrogens (tertiary/aromatic N) is 2. The smallest absolute Gasteiger partial charge is 0.245 e.